The van der Waals surface area contributed by atoms with Gasteiger partial charge in [-0.25, -0.2) is 5.10 Å². The molecule has 3 fully saturated rings. The molecule has 3 heterocycles. The second kappa shape index (κ2) is 7.63. The first kappa shape index (κ1) is 17.3. The molecule has 2 saturated heterocycles. The van der Waals surface area contributed by atoms with E-state index in [1.165, 1.54) is 12.7 Å². The molecule has 3 aliphatic rings. The lowest BCUT2D eigenvalue weighted by molar-refractivity contribution is -0.146. The number of H-pyrrole nitrogens is 1. The molecule has 0 unspecified atom stereocenters. The molecule has 0 radical (unpaired) electrons. The highest BCUT2D eigenvalue weighted by Gasteiger charge is 2.39. The Morgan fingerprint density at radius 3 is 2.38 bits per heavy atom. The summed E-state index contributed by atoms with van der Waals surface area (Å²) in [6.45, 7) is 3.56. The maximum Gasteiger partial charge on any atom is 0.245 e. The van der Waals surface area contributed by atoms with Crippen LogP contribution in [-0.2, 0) is 9.59 Å². The quantitative estimate of drug-likeness (QED) is 0.870. The molecule has 0 aromatic carbocycles. The molecular weight excluding hydrogens is 332 g/mol. The summed E-state index contributed by atoms with van der Waals surface area (Å²) in [7, 11) is 0. The largest absolute Gasteiger partial charge is 0.338 e. The zero-order valence-electron chi connectivity index (χ0n) is 15.3. The van der Waals surface area contributed by atoms with Gasteiger partial charge in [0.2, 0.25) is 17.8 Å². The molecule has 1 atom stereocenters. The molecule has 1 aromatic heterocycles. The van der Waals surface area contributed by atoms with E-state index < -0.39 is 0 Å². The highest BCUT2D eigenvalue weighted by molar-refractivity contribution is 5.89. The minimum absolute atomic E-state index is 0.129. The molecule has 8 heteroatoms. The van der Waals surface area contributed by atoms with Gasteiger partial charge < -0.3 is 14.7 Å². The third kappa shape index (κ3) is 3.41. The average Bonchev–Trinajstić information content (AvgIpc) is 3.40. The summed E-state index contributed by atoms with van der Waals surface area (Å²) in [5, 5.41) is 6.76. The number of amides is 2. The fourth-order valence-electron chi connectivity index (χ4n) is 4.57. The number of rotatable bonds is 3. The Hall–Kier alpha value is -2.12. The highest BCUT2D eigenvalue weighted by Crippen LogP contribution is 2.29. The second-order valence-corrected chi connectivity index (χ2v) is 7.65. The summed E-state index contributed by atoms with van der Waals surface area (Å²) in [5.74, 6) is 1.25. The van der Waals surface area contributed by atoms with Gasteiger partial charge in [-0.1, -0.05) is 19.3 Å². The normalized spacial score (nSPS) is 24.9. The summed E-state index contributed by atoms with van der Waals surface area (Å²) >= 11 is 0. The summed E-state index contributed by atoms with van der Waals surface area (Å²) in [6, 6.07) is -0.249. The molecule has 1 saturated carbocycles. The minimum Gasteiger partial charge on any atom is -0.338 e. The number of aromatic nitrogens is 3. The van der Waals surface area contributed by atoms with Crippen LogP contribution in [-0.4, -0.2) is 75.6 Å². The van der Waals surface area contributed by atoms with Crippen LogP contribution < -0.4 is 4.90 Å². The first-order valence-electron chi connectivity index (χ1n) is 9.93. The van der Waals surface area contributed by atoms with Gasteiger partial charge in [-0.15, -0.1) is 0 Å². The van der Waals surface area contributed by atoms with Crippen LogP contribution in [0.2, 0.25) is 0 Å². The van der Waals surface area contributed by atoms with Crippen molar-refractivity contribution < 1.29 is 9.59 Å². The highest BCUT2D eigenvalue weighted by atomic mass is 16.2. The molecular formula is C18H28N6O2. The standard InChI is InChI=1S/C18H28N6O2/c25-16(14-5-2-1-3-6-14)24-8-4-7-15(24)17(26)22-9-11-23(12-10-22)18-19-13-20-21-18/h13-15H,1-12H2,(H,19,20,21)/t15-/m0/s1. The second-order valence-electron chi connectivity index (χ2n) is 7.65. The maximum absolute atomic E-state index is 13.1. The molecule has 26 heavy (non-hydrogen) atoms. The van der Waals surface area contributed by atoms with Gasteiger partial charge in [0.25, 0.3) is 0 Å². The topological polar surface area (TPSA) is 85.4 Å². The van der Waals surface area contributed by atoms with Crippen molar-refractivity contribution in [1.29, 1.82) is 0 Å². The molecule has 0 bridgehead atoms. The van der Waals surface area contributed by atoms with Crippen molar-refractivity contribution in [2.24, 2.45) is 5.92 Å². The first-order valence-corrected chi connectivity index (χ1v) is 9.93. The Morgan fingerprint density at radius 2 is 1.69 bits per heavy atom. The van der Waals surface area contributed by atoms with Crippen LogP contribution >= 0.6 is 0 Å². The summed E-state index contributed by atoms with van der Waals surface area (Å²) in [6.07, 6.45) is 8.76. The lowest BCUT2D eigenvalue weighted by Gasteiger charge is -2.37. The van der Waals surface area contributed by atoms with Crippen molar-refractivity contribution in [3.8, 4) is 0 Å². The van der Waals surface area contributed by atoms with Crippen molar-refractivity contribution in [1.82, 2.24) is 25.0 Å². The monoisotopic (exact) mass is 360 g/mol. The molecule has 142 valence electrons. The van der Waals surface area contributed by atoms with E-state index >= 15 is 0 Å². The Labute approximate surface area is 153 Å². The SMILES string of the molecule is O=C([C@@H]1CCCN1C(=O)C1CCCCC1)N1CCN(c2ncn[nH]2)CC1. The van der Waals surface area contributed by atoms with Crippen molar-refractivity contribution in [3.63, 3.8) is 0 Å². The lowest BCUT2D eigenvalue weighted by atomic mass is 9.88. The number of anilines is 1. The number of aromatic amines is 1. The van der Waals surface area contributed by atoms with Gasteiger partial charge in [0.1, 0.15) is 12.4 Å². The van der Waals surface area contributed by atoms with E-state index in [9.17, 15) is 9.59 Å². The van der Waals surface area contributed by atoms with Gasteiger partial charge in [-0.2, -0.15) is 10.1 Å². The number of hydrogen-bond donors (Lipinski definition) is 1. The van der Waals surface area contributed by atoms with E-state index in [1.54, 1.807) is 0 Å². The first-order chi connectivity index (χ1) is 12.7. The van der Waals surface area contributed by atoms with Crippen molar-refractivity contribution in [2.75, 3.05) is 37.6 Å². The van der Waals surface area contributed by atoms with Crippen LogP contribution in [0.4, 0.5) is 5.95 Å². The molecule has 1 N–H and O–H groups in total. The van der Waals surface area contributed by atoms with E-state index in [-0.39, 0.29) is 23.8 Å². The van der Waals surface area contributed by atoms with Crippen LogP contribution in [0.25, 0.3) is 0 Å². The molecule has 1 aromatic rings. The van der Waals surface area contributed by atoms with Gasteiger partial charge in [0.15, 0.2) is 0 Å². The summed E-state index contributed by atoms with van der Waals surface area (Å²) in [4.78, 5) is 36.1. The predicted molar refractivity (Wildman–Crippen MR) is 96.5 cm³/mol. The van der Waals surface area contributed by atoms with E-state index in [0.29, 0.717) is 13.1 Å². The van der Waals surface area contributed by atoms with Gasteiger partial charge >= 0.3 is 0 Å². The number of hydrogen-bond acceptors (Lipinski definition) is 5. The smallest absolute Gasteiger partial charge is 0.245 e. The predicted octanol–water partition coefficient (Wildman–Crippen LogP) is 1.02. The third-order valence-corrected chi connectivity index (χ3v) is 6.07. The van der Waals surface area contributed by atoms with Crippen LogP contribution in [0.15, 0.2) is 6.33 Å². The van der Waals surface area contributed by atoms with Crippen molar-refractivity contribution in [2.45, 2.75) is 51.0 Å². The van der Waals surface area contributed by atoms with Gasteiger partial charge in [0, 0.05) is 38.6 Å². The molecule has 8 nitrogen and oxygen atoms in total. The van der Waals surface area contributed by atoms with E-state index in [2.05, 4.69) is 20.1 Å². The molecule has 2 aliphatic heterocycles. The molecule has 1 aliphatic carbocycles. The number of nitrogens with zero attached hydrogens (tertiary/aromatic N) is 5. The van der Waals surface area contributed by atoms with E-state index in [4.69, 9.17) is 0 Å². The molecule has 2 amide bonds. The van der Waals surface area contributed by atoms with Crippen molar-refractivity contribution in [3.05, 3.63) is 6.33 Å². The molecule has 0 spiro atoms. The van der Waals surface area contributed by atoms with E-state index in [0.717, 1.165) is 64.1 Å². The van der Waals surface area contributed by atoms with Gasteiger partial charge in [0.05, 0.1) is 0 Å². The Balaban J connectivity index is 1.35. The fourth-order valence-corrected chi connectivity index (χ4v) is 4.57. The van der Waals surface area contributed by atoms with Crippen LogP contribution in [0.3, 0.4) is 0 Å². The Kier molecular flexibility index (Phi) is 5.08. The third-order valence-electron chi connectivity index (χ3n) is 6.07. The Morgan fingerprint density at radius 1 is 0.923 bits per heavy atom. The number of likely N-dealkylation sites (tertiary alicyclic amines) is 1. The Bertz CT molecular complexity index is 620. The summed E-state index contributed by atoms with van der Waals surface area (Å²) < 4.78 is 0. The van der Waals surface area contributed by atoms with Crippen LogP contribution in [0.1, 0.15) is 44.9 Å². The van der Waals surface area contributed by atoms with Gasteiger partial charge in [-0.3, -0.25) is 9.59 Å². The van der Waals surface area contributed by atoms with Crippen molar-refractivity contribution >= 4 is 17.8 Å². The number of carbonyl (C=O) groups excluding carboxylic acids is 2. The fraction of sp³-hybridized carbons (Fsp3) is 0.778. The van der Waals surface area contributed by atoms with Crippen LogP contribution in [0, 0.1) is 5.92 Å². The molecule has 4 rings (SSSR count). The number of nitrogens with one attached hydrogen (secondary N) is 1. The number of carbonyl (C=O) groups is 2. The zero-order chi connectivity index (χ0) is 17.9. The average molecular weight is 360 g/mol. The van der Waals surface area contributed by atoms with Gasteiger partial charge in [-0.05, 0) is 25.7 Å². The maximum atomic E-state index is 13.1. The van der Waals surface area contributed by atoms with Crippen LogP contribution in [0.5, 0.6) is 0 Å². The zero-order valence-corrected chi connectivity index (χ0v) is 15.3. The summed E-state index contributed by atoms with van der Waals surface area (Å²) in [5.41, 5.74) is 0. The lowest BCUT2D eigenvalue weighted by Crippen LogP contribution is -2.55. The minimum atomic E-state index is -0.249. The van der Waals surface area contributed by atoms with E-state index in [1.807, 2.05) is 9.80 Å². The number of piperazine rings is 1.